The van der Waals surface area contributed by atoms with Crippen molar-refractivity contribution < 1.29 is 28.4 Å². The largest absolute Gasteiger partial charge is 0.487 e. The second-order valence-corrected chi connectivity index (χ2v) is 7.12. The van der Waals surface area contributed by atoms with Gasteiger partial charge in [-0.25, -0.2) is 9.18 Å². The van der Waals surface area contributed by atoms with E-state index in [1.165, 1.54) is 18.2 Å². The second kappa shape index (κ2) is 10.4. The van der Waals surface area contributed by atoms with E-state index in [1.54, 1.807) is 49.3 Å². The Kier molecular flexibility index (Phi) is 7.43. The zero-order valence-corrected chi connectivity index (χ0v) is 18.0. The highest BCUT2D eigenvalue weighted by atomic mass is 19.1. The van der Waals surface area contributed by atoms with Crippen LogP contribution in [-0.2, 0) is 4.84 Å². The molecule has 0 atom stereocenters. The average Bonchev–Trinajstić information content (AvgIpc) is 3.26. The number of carbonyl (C=O) groups is 1. The first-order valence-corrected chi connectivity index (χ1v) is 9.98. The molecule has 0 unspecified atom stereocenters. The van der Waals surface area contributed by atoms with Crippen molar-refractivity contribution in [2.75, 3.05) is 32.2 Å². The van der Waals surface area contributed by atoms with E-state index in [1.807, 2.05) is 6.92 Å². The van der Waals surface area contributed by atoms with Gasteiger partial charge in [0, 0.05) is 25.7 Å². The monoisotopic (exact) mass is 441 g/mol. The maximum atomic E-state index is 13.2. The van der Waals surface area contributed by atoms with Crippen molar-refractivity contribution in [2.24, 2.45) is 5.16 Å². The number of benzene rings is 2. The number of anilines is 1. The van der Waals surface area contributed by atoms with E-state index in [9.17, 15) is 14.3 Å². The summed E-state index contributed by atoms with van der Waals surface area (Å²) in [6.45, 7) is 2.32. The number of rotatable bonds is 10. The second-order valence-electron chi connectivity index (χ2n) is 7.12. The smallest absolute Gasteiger partial charge is 0.337 e. The molecule has 0 saturated heterocycles. The quantitative estimate of drug-likeness (QED) is 0.282. The van der Waals surface area contributed by atoms with Gasteiger partial charge in [0.25, 0.3) is 0 Å². The van der Waals surface area contributed by atoms with Crippen molar-refractivity contribution in [3.05, 3.63) is 65.7 Å². The zero-order valence-electron chi connectivity index (χ0n) is 18.0. The standard InChI is InChI=1S/C23H24FN3O5/c1-4-11-31-25-20(22-13-19(26-32-22)15-5-7-16(24)8-6-15)14-30-17-9-10-21(27(2)3)18(12-17)23(28)29/h5-10,12-13H,4,11,14H2,1-3H3,(H,28,29). The molecule has 9 heteroatoms. The van der Waals surface area contributed by atoms with Crippen LogP contribution in [0.1, 0.15) is 29.5 Å². The van der Waals surface area contributed by atoms with Gasteiger partial charge >= 0.3 is 5.97 Å². The van der Waals surface area contributed by atoms with Crippen molar-refractivity contribution in [2.45, 2.75) is 13.3 Å². The number of aromatic nitrogens is 1. The minimum atomic E-state index is -1.06. The maximum absolute atomic E-state index is 13.2. The van der Waals surface area contributed by atoms with Crippen molar-refractivity contribution in [1.82, 2.24) is 5.16 Å². The molecule has 0 bridgehead atoms. The summed E-state index contributed by atoms with van der Waals surface area (Å²) in [5, 5.41) is 17.6. The van der Waals surface area contributed by atoms with E-state index in [-0.39, 0.29) is 18.0 Å². The number of ether oxygens (including phenoxy) is 1. The summed E-state index contributed by atoms with van der Waals surface area (Å²) in [5.41, 5.74) is 2.21. The lowest BCUT2D eigenvalue weighted by molar-refractivity contribution is 0.0697. The summed E-state index contributed by atoms with van der Waals surface area (Å²) in [7, 11) is 3.53. The molecule has 1 heterocycles. The third-order valence-corrected chi connectivity index (χ3v) is 4.46. The first kappa shape index (κ1) is 22.8. The molecule has 168 valence electrons. The van der Waals surface area contributed by atoms with Crippen LogP contribution in [-0.4, -0.2) is 49.3 Å². The number of aromatic carboxylic acids is 1. The molecule has 0 fully saturated rings. The van der Waals surface area contributed by atoms with Crippen LogP contribution in [0.3, 0.4) is 0 Å². The fourth-order valence-electron chi connectivity index (χ4n) is 2.84. The summed E-state index contributed by atoms with van der Waals surface area (Å²) in [4.78, 5) is 18.6. The Bertz CT molecular complexity index is 1090. The van der Waals surface area contributed by atoms with Crippen LogP contribution in [0.5, 0.6) is 5.75 Å². The van der Waals surface area contributed by atoms with Crippen molar-refractivity contribution in [3.8, 4) is 17.0 Å². The predicted molar refractivity (Wildman–Crippen MR) is 118 cm³/mol. The summed E-state index contributed by atoms with van der Waals surface area (Å²) in [6, 6.07) is 12.3. The number of halogens is 1. The normalized spacial score (nSPS) is 11.3. The van der Waals surface area contributed by atoms with Crippen molar-refractivity contribution >= 4 is 17.4 Å². The van der Waals surface area contributed by atoms with E-state index in [4.69, 9.17) is 14.1 Å². The molecule has 0 amide bonds. The maximum Gasteiger partial charge on any atom is 0.337 e. The van der Waals surface area contributed by atoms with Gasteiger partial charge in [0.15, 0.2) is 11.5 Å². The molecule has 3 aromatic rings. The van der Waals surface area contributed by atoms with Crippen LogP contribution in [0.2, 0.25) is 0 Å². The molecule has 0 aliphatic carbocycles. The molecule has 0 radical (unpaired) electrons. The van der Waals surface area contributed by atoms with E-state index < -0.39 is 5.97 Å². The highest BCUT2D eigenvalue weighted by molar-refractivity contribution is 6.00. The molecule has 0 spiro atoms. The van der Waals surface area contributed by atoms with Gasteiger partial charge < -0.3 is 24.1 Å². The summed E-state index contributed by atoms with van der Waals surface area (Å²) in [6.07, 6.45) is 0.767. The molecule has 0 saturated carbocycles. The highest BCUT2D eigenvalue weighted by Gasteiger charge is 2.17. The number of oxime groups is 1. The molecule has 2 aromatic carbocycles. The lowest BCUT2D eigenvalue weighted by atomic mass is 10.1. The van der Waals surface area contributed by atoms with Crippen LogP contribution in [0.25, 0.3) is 11.3 Å². The van der Waals surface area contributed by atoms with E-state index in [0.29, 0.717) is 40.8 Å². The Labute approximate surface area is 184 Å². The van der Waals surface area contributed by atoms with Crippen LogP contribution < -0.4 is 9.64 Å². The Morgan fingerprint density at radius 2 is 1.94 bits per heavy atom. The molecular weight excluding hydrogens is 417 g/mol. The van der Waals surface area contributed by atoms with E-state index in [2.05, 4.69) is 10.3 Å². The Morgan fingerprint density at radius 1 is 1.19 bits per heavy atom. The van der Waals surface area contributed by atoms with Crippen molar-refractivity contribution in [3.63, 3.8) is 0 Å². The predicted octanol–water partition coefficient (Wildman–Crippen LogP) is 4.45. The fourth-order valence-corrected chi connectivity index (χ4v) is 2.84. The lowest BCUT2D eigenvalue weighted by Crippen LogP contribution is -2.16. The zero-order chi connectivity index (χ0) is 23.1. The van der Waals surface area contributed by atoms with Gasteiger partial charge in [-0.05, 0) is 48.9 Å². The molecule has 3 rings (SSSR count). The first-order chi connectivity index (χ1) is 15.4. The van der Waals surface area contributed by atoms with Crippen molar-refractivity contribution in [1.29, 1.82) is 0 Å². The van der Waals surface area contributed by atoms with Crippen LogP contribution in [0, 0.1) is 5.82 Å². The fraction of sp³-hybridized carbons (Fsp3) is 0.261. The number of nitrogens with zero attached hydrogens (tertiary/aromatic N) is 3. The summed E-state index contributed by atoms with van der Waals surface area (Å²) >= 11 is 0. The van der Waals surface area contributed by atoms with Gasteiger partial charge in [-0.1, -0.05) is 17.2 Å². The number of hydrogen-bond donors (Lipinski definition) is 1. The number of carboxylic acid groups (broad SMARTS) is 1. The minimum Gasteiger partial charge on any atom is -0.487 e. The molecule has 0 aliphatic rings. The lowest BCUT2D eigenvalue weighted by Gasteiger charge is -2.16. The molecule has 1 N–H and O–H groups in total. The third kappa shape index (κ3) is 5.63. The topological polar surface area (TPSA) is 97.4 Å². The van der Waals surface area contributed by atoms with Gasteiger partial charge in [0.1, 0.15) is 30.5 Å². The molecule has 0 aliphatic heterocycles. The van der Waals surface area contributed by atoms with Gasteiger partial charge in [0.05, 0.1) is 11.3 Å². The summed E-state index contributed by atoms with van der Waals surface area (Å²) < 4.78 is 24.4. The van der Waals surface area contributed by atoms with Crippen LogP contribution in [0.4, 0.5) is 10.1 Å². The molecule has 1 aromatic heterocycles. The molecule has 32 heavy (non-hydrogen) atoms. The number of carboxylic acids is 1. The number of hydrogen-bond acceptors (Lipinski definition) is 7. The average molecular weight is 441 g/mol. The van der Waals surface area contributed by atoms with Crippen LogP contribution in [0.15, 0.2) is 58.2 Å². The Hall–Kier alpha value is -3.88. The minimum absolute atomic E-state index is 0.0395. The van der Waals surface area contributed by atoms with E-state index >= 15 is 0 Å². The van der Waals surface area contributed by atoms with Gasteiger partial charge in [-0.3, -0.25) is 0 Å². The Morgan fingerprint density at radius 3 is 2.59 bits per heavy atom. The highest BCUT2D eigenvalue weighted by Crippen LogP contribution is 2.25. The SMILES string of the molecule is CCCON=C(COc1ccc(N(C)C)c(C(=O)O)c1)c1cc(-c2ccc(F)cc2)no1. The first-order valence-electron chi connectivity index (χ1n) is 9.98. The summed E-state index contributed by atoms with van der Waals surface area (Å²) in [5.74, 6) is -0.723. The van der Waals surface area contributed by atoms with Gasteiger partial charge in [-0.15, -0.1) is 0 Å². The molecule has 8 nitrogen and oxygen atoms in total. The van der Waals surface area contributed by atoms with E-state index in [0.717, 1.165) is 6.42 Å². The van der Waals surface area contributed by atoms with Gasteiger partial charge in [0.2, 0.25) is 0 Å². The molecular formula is C23H24FN3O5. The third-order valence-electron chi connectivity index (χ3n) is 4.46. The van der Waals surface area contributed by atoms with Crippen LogP contribution >= 0.6 is 0 Å². The van der Waals surface area contributed by atoms with Gasteiger partial charge in [-0.2, -0.15) is 0 Å². The Balaban J connectivity index is 1.82.